The average Bonchev–Trinajstić information content (AvgIpc) is 3.10. The molecule has 2 N–H and O–H groups in total. The number of carboxylic acid groups (broad SMARTS) is 1. The molecule has 0 amide bonds. The van der Waals surface area contributed by atoms with E-state index in [1.165, 1.54) is 31.4 Å². The summed E-state index contributed by atoms with van der Waals surface area (Å²) in [6, 6.07) is 16.4. The van der Waals surface area contributed by atoms with Gasteiger partial charge < -0.3 is 14.3 Å². The second-order valence-corrected chi connectivity index (χ2v) is 8.14. The number of sulfonamides is 1. The number of para-hydroxylation sites is 1. The van der Waals surface area contributed by atoms with Crippen LogP contribution in [0.3, 0.4) is 0 Å². The third kappa shape index (κ3) is 3.55. The van der Waals surface area contributed by atoms with E-state index < -0.39 is 22.0 Å². The molecular formula is C21H17NO6S. The highest BCUT2D eigenvalue weighted by molar-refractivity contribution is 7.89. The van der Waals surface area contributed by atoms with E-state index in [9.17, 15) is 18.3 Å². The first-order valence-corrected chi connectivity index (χ1v) is 10.2. The molecule has 1 aromatic heterocycles. The van der Waals surface area contributed by atoms with Gasteiger partial charge in [0.1, 0.15) is 23.0 Å². The van der Waals surface area contributed by atoms with Gasteiger partial charge in [-0.05, 0) is 42.0 Å². The maximum absolute atomic E-state index is 12.9. The molecule has 29 heavy (non-hydrogen) atoms. The summed E-state index contributed by atoms with van der Waals surface area (Å²) in [4.78, 5) is 11.7. The van der Waals surface area contributed by atoms with E-state index in [2.05, 4.69) is 4.72 Å². The Morgan fingerprint density at radius 3 is 2.38 bits per heavy atom. The van der Waals surface area contributed by atoms with E-state index in [0.717, 1.165) is 5.39 Å². The summed E-state index contributed by atoms with van der Waals surface area (Å²) in [7, 11) is -2.62. The van der Waals surface area contributed by atoms with Crippen molar-refractivity contribution in [1.29, 1.82) is 0 Å². The summed E-state index contributed by atoms with van der Waals surface area (Å²) >= 11 is 0. The number of ether oxygens (including phenoxy) is 1. The lowest BCUT2D eigenvalue weighted by Crippen LogP contribution is -2.33. The van der Waals surface area contributed by atoms with Crippen LogP contribution in [-0.4, -0.2) is 26.6 Å². The lowest BCUT2D eigenvalue weighted by atomic mass is 10.1. The Morgan fingerprint density at radius 1 is 1.00 bits per heavy atom. The molecule has 1 heterocycles. The van der Waals surface area contributed by atoms with Crippen molar-refractivity contribution >= 4 is 37.9 Å². The quantitative estimate of drug-likeness (QED) is 0.501. The lowest BCUT2D eigenvalue weighted by molar-refractivity contribution is -0.139. The van der Waals surface area contributed by atoms with Crippen LogP contribution in [0.25, 0.3) is 21.9 Å². The monoisotopic (exact) mass is 411 g/mol. The van der Waals surface area contributed by atoms with Crippen molar-refractivity contribution in [3.63, 3.8) is 0 Å². The Kier molecular flexibility index (Phi) is 4.73. The van der Waals surface area contributed by atoms with E-state index in [4.69, 9.17) is 9.15 Å². The molecule has 0 radical (unpaired) electrons. The van der Waals surface area contributed by atoms with Gasteiger partial charge in [-0.3, -0.25) is 4.79 Å². The topological polar surface area (TPSA) is 106 Å². The summed E-state index contributed by atoms with van der Waals surface area (Å²) < 4.78 is 38.9. The number of methoxy groups -OCH3 is 1. The summed E-state index contributed by atoms with van der Waals surface area (Å²) in [5.41, 5.74) is 1.48. The molecule has 0 spiro atoms. The summed E-state index contributed by atoms with van der Waals surface area (Å²) in [6.07, 6.45) is 0. The van der Waals surface area contributed by atoms with Crippen LogP contribution >= 0.6 is 0 Å². The highest BCUT2D eigenvalue weighted by Gasteiger charge is 2.27. The van der Waals surface area contributed by atoms with Gasteiger partial charge in [0.05, 0.1) is 12.0 Å². The predicted octanol–water partition coefficient (Wildman–Crippen LogP) is 3.70. The van der Waals surface area contributed by atoms with E-state index in [-0.39, 0.29) is 10.5 Å². The first-order chi connectivity index (χ1) is 13.9. The van der Waals surface area contributed by atoms with Crippen LogP contribution in [0.1, 0.15) is 11.6 Å². The van der Waals surface area contributed by atoms with Crippen molar-refractivity contribution in [2.24, 2.45) is 0 Å². The van der Waals surface area contributed by atoms with Gasteiger partial charge in [-0.15, -0.1) is 0 Å². The van der Waals surface area contributed by atoms with Gasteiger partial charge in [-0.1, -0.05) is 30.3 Å². The van der Waals surface area contributed by atoms with Crippen LogP contribution in [0.5, 0.6) is 5.75 Å². The van der Waals surface area contributed by atoms with Crippen molar-refractivity contribution in [3.8, 4) is 5.75 Å². The van der Waals surface area contributed by atoms with E-state index in [1.807, 2.05) is 18.2 Å². The first-order valence-electron chi connectivity index (χ1n) is 8.69. The van der Waals surface area contributed by atoms with Gasteiger partial charge in [0, 0.05) is 10.8 Å². The molecule has 0 saturated carbocycles. The number of aliphatic carboxylic acids is 1. The Balaban J connectivity index is 1.72. The van der Waals surface area contributed by atoms with Crippen molar-refractivity contribution in [2.75, 3.05) is 7.11 Å². The molecule has 4 aromatic rings. The number of rotatable bonds is 6. The first kappa shape index (κ1) is 19.0. The molecule has 1 unspecified atom stereocenters. The molecule has 8 heteroatoms. The minimum Gasteiger partial charge on any atom is -0.497 e. The van der Waals surface area contributed by atoms with E-state index in [0.29, 0.717) is 22.3 Å². The molecule has 0 aliphatic heterocycles. The number of benzene rings is 3. The van der Waals surface area contributed by atoms with Gasteiger partial charge in [0.2, 0.25) is 10.0 Å². The number of hydrogen-bond donors (Lipinski definition) is 2. The maximum Gasteiger partial charge on any atom is 0.326 e. The summed E-state index contributed by atoms with van der Waals surface area (Å²) in [5.74, 6) is -0.772. The highest BCUT2D eigenvalue weighted by Crippen LogP contribution is 2.30. The zero-order valence-corrected chi connectivity index (χ0v) is 16.1. The van der Waals surface area contributed by atoms with Gasteiger partial charge in [0.15, 0.2) is 0 Å². The predicted molar refractivity (Wildman–Crippen MR) is 107 cm³/mol. The molecule has 148 valence electrons. The molecule has 0 aliphatic rings. The highest BCUT2D eigenvalue weighted by atomic mass is 32.2. The molecular weight excluding hydrogens is 394 g/mol. The number of nitrogens with one attached hydrogen (secondary N) is 1. The third-order valence-corrected chi connectivity index (χ3v) is 6.05. The largest absolute Gasteiger partial charge is 0.497 e. The zero-order valence-electron chi connectivity index (χ0n) is 15.3. The minimum atomic E-state index is -4.11. The van der Waals surface area contributed by atoms with Crippen LogP contribution in [0.15, 0.2) is 76.0 Å². The van der Waals surface area contributed by atoms with Crippen molar-refractivity contribution in [2.45, 2.75) is 10.9 Å². The number of carbonyl (C=O) groups is 1. The average molecular weight is 411 g/mol. The molecule has 3 aromatic carbocycles. The molecule has 7 nitrogen and oxygen atoms in total. The second-order valence-electron chi connectivity index (χ2n) is 6.42. The second kappa shape index (κ2) is 7.23. The van der Waals surface area contributed by atoms with Crippen molar-refractivity contribution in [1.82, 2.24) is 4.72 Å². The Bertz CT molecular complexity index is 1310. The summed E-state index contributed by atoms with van der Waals surface area (Å²) in [5, 5.41) is 11.0. The van der Waals surface area contributed by atoms with Crippen molar-refractivity contribution < 1.29 is 27.5 Å². The number of fused-ring (bicyclic) bond motifs is 3. The minimum absolute atomic E-state index is 0.0451. The van der Waals surface area contributed by atoms with E-state index in [1.54, 1.807) is 24.3 Å². The van der Waals surface area contributed by atoms with Crippen LogP contribution < -0.4 is 9.46 Å². The van der Waals surface area contributed by atoms with Crippen LogP contribution in [0, 0.1) is 0 Å². The van der Waals surface area contributed by atoms with Crippen molar-refractivity contribution in [3.05, 3.63) is 72.3 Å². The SMILES string of the molecule is COc1ccc(C(NS(=O)(=O)c2ccc3oc4ccccc4c3c2)C(=O)O)cc1. The maximum atomic E-state index is 12.9. The Labute approximate surface area is 166 Å². The normalized spacial score (nSPS) is 12.9. The molecule has 1 atom stereocenters. The summed E-state index contributed by atoms with van der Waals surface area (Å²) in [6.45, 7) is 0. The standard InChI is InChI=1S/C21H17NO6S/c1-27-14-8-6-13(7-9-14)20(21(23)24)22-29(25,26)15-10-11-19-17(12-15)16-4-2-3-5-18(16)28-19/h2-12,20,22H,1H3,(H,23,24). The fourth-order valence-corrected chi connectivity index (χ4v) is 4.36. The zero-order chi connectivity index (χ0) is 20.6. The van der Waals surface area contributed by atoms with Crippen LogP contribution in [0.2, 0.25) is 0 Å². The molecule has 0 saturated heterocycles. The number of hydrogen-bond acceptors (Lipinski definition) is 5. The Morgan fingerprint density at radius 2 is 1.69 bits per heavy atom. The molecule has 0 aliphatic carbocycles. The van der Waals surface area contributed by atoms with Gasteiger partial charge in [-0.2, -0.15) is 4.72 Å². The van der Waals surface area contributed by atoms with Gasteiger partial charge >= 0.3 is 5.97 Å². The fraction of sp³-hybridized carbons (Fsp3) is 0.0952. The van der Waals surface area contributed by atoms with E-state index >= 15 is 0 Å². The number of furan rings is 1. The molecule has 4 rings (SSSR count). The Hall–Kier alpha value is -3.36. The van der Waals surface area contributed by atoms with Gasteiger partial charge in [-0.25, -0.2) is 8.42 Å². The molecule has 0 fully saturated rings. The van der Waals surface area contributed by atoms with Crippen LogP contribution in [-0.2, 0) is 14.8 Å². The number of carboxylic acids is 1. The lowest BCUT2D eigenvalue weighted by Gasteiger charge is -2.15. The smallest absolute Gasteiger partial charge is 0.326 e. The fourth-order valence-electron chi connectivity index (χ4n) is 3.15. The van der Waals surface area contributed by atoms with Gasteiger partial charge in [0.25, 0.3) is 0 Å². The third-order valence-electron chi connectivity index (χ3n) is 4.63. The van der Waals surface area contributed by atoms with Crippen LogP contribution in [0.4, 0.5) is 0 Å². The molecule has 0 bridgehead atoms.